The summed E-state index contributed by atoms with van der Waals surface area (Å²) >= 11 is 0. The van der Waals surface area contributed by atoms with E-state index >= 15 is 0 Å². The van der Waals surface area contributed by atoms with Crippen LogP contribution in [0, 0.1) is 5.82 Å². The van der Waals surface area contributed by atoms with Crippen molar-refractivity contribution >= 4 is 11.6 Å². The van der Waals surface area contributed by atoms with Crippen LogP contribution in [0.3, 0.4) is 0 Å². The quantitative estimate of drug-likeness (QED) is 0.805. The Hall–Kier alpha value is -2.17. The van der Waals surface area contributed by atoms with Crippen LogP contribution in [0.2, 0.25) is 0 Å². The van der Waals surface area contributed by atoms with Gasteiger partial charge in [-0.2, -0.15) is 0 Å². The molecule has 1 saturated carbocycles. The number of hydrogen-bond acceptors (Lipinski definition) is 4. The van der Waals surface area contributed by atoms with Crippen molar-refractivity contribution in [3.8, 4) is 0 Å². The summed E-state index contributed by atoms with van der Waals surface area (Å²) < 4.78 is 12.9. The number of nitrogens with zero attached hydrogens (tertiary/aromatic N) is 2. The van der Waals surface area contributed by atoms with Crippen molar-refractivity contribution in [1.82, 2.24) is 9.97 Å². The van der Waals surface area contributed by atoms with Crippen molar-refractivity contribution in [2.24, 2.45) is 0 Å². The van der Waals surface area contributed by atoms with Crippen LogP contribution >= 0.6 is 0 Å². The average Bonchev–Trinajstić information content (AvgIpc) is 2.83. The van der Waals surface area contributed by atoms with Crippen LogP contribution in [-0.4, -0.2) is 16.0 Å². The highest BCUT2D eigenvalue weighted by Crippen LogP contribution is 2.21. The molecule has 5 heteroatoms. The number of hydrogen-bond donors (Lipinski definition) is 2. The lowest BCUT2D eigenvalue weighted by Crippen LogP contribution is -2.19. The third-order valence-corrected chi connectivity index (χ3v) is 4.26. The second-order valence-corrected chi connectivity index (χ2v) is 6.10. The molecule has 1 aromatic carbocycles. The van der Waals surface area contributed by atoms with E-state index in [0.717, 1.165) is 17.2 Å². The number of benzene rings is 1. The number of halogens is 1. The van der Waals surface area contributed by atoms with Crippen LogP contribution in [0.15, 0.2) is 36.7 Å². The summed E-state index contributed by atoms with van der Waals surface area (Å²) in [5.41, 5.74) is 1.02. The maximum Gasteiger partial charge on any atom is 0.131 e. The molecule has 23 heavy (non-hydrogen) atoms. The fourth-order valence-corrected chi connectivity index (χ4v) is 2.96. The Morgan fingerprint density at radius 3 is 2.39 bits per heavy atom. The van der Waals surface area contributed by atoms with Crippen molar-refractivity contribution in [3.63, 3.8) is 0 Å². The lowest BCUT2D eigenvalue weighted by atomic mass is 10.1. The lowest BCUT2D eigenvalue weighted by molar-refractivity contribution is 0.617. The fraction of sp³-hybridized carbons (Fsp3) is 0.444. The molecule has 0 radical (unpaired) electrons. The van der Waals surface area contributed by atoms with Gasteiger partial charge in [-0.3, -0.25) is 0 Å². The molecule has 2 N–H and O–H groups in total. The minimum Gasteiger partial charge on any atom is -0.367 e. The van der Waals surface area contributed by atoms with E-state index in [0.29, 0.717) is 12.6 Å². The number of anilines is 2. The molecule has 0 spiro atoms. The Kier molecular flexibility index (Phi) is 5.40. The molecule has 0 unspecified atom stereocenters. The second-order valence-electron chi connectivity index (χ2n) is 6.10. The molecule has 0 aliphatic heterocycles. The van der Waals surface area contributed by atoms with Crippen LogP contribution in [0.5, 0.6) is 0 Å². The Morgan fingerprint density at radius 2 is 1.65 bits per heavy atom. The molecule has 1 aliphatic carbocycles. The van der Waals surface area contributed by atoms with E-state index in [9.17, 15) is 4.39 Å². The lowest BCUT2D eigenvalue weighted by Gasteiger charge is -2.17. The first-order chi connectivity index (χ1) is 11.3. The maximum atomic E-state index is 12.9. The van der Waals surface area contributed by atoms with E-state index in [-0.39, 0.29) is 5.82 Å². The molecular weight excluding hydrogens is 291 g/mol. The first-order valence-corrected chi connectivity index (χ1v) is 8.36. The predicted molar refractivity (Wildman–Crippen MR) is 90.9 cm³/mol. The molecule has 122 valence electrons. The standard InChI is InChI=1S/C18H23FN4/c19-15-9-7-14(8-10-15)12-20-17-11-18(22-13-21-17)23-16-5-3-1-2-4-6-16/h7-11,13,16H,1-6,12H2,(H2,20,21,22,23). The zero-order chi connectivity index (χ0) is 15.9. The van der Waals surface area contributed by atoms with Gasteiger partial charge in [-0.1, -0.05) is 37.8 Å². The molecule has 1 aliphatic rings. The van der Waals surface area contributed by atoms with E-state index in [2.05, 4.69) is 20.6 Å². The van der Waals surface area contributed by atoms with Crippen LogP contribution in [0.4, 0.5) is 16.0 Å². The first kappa shape index (κ1) is 15.7. The van der Waals surface area contributed by atoms with Gasteiger partial charge in [0.2, 0.25) is 0 Å². The topological polar surface area (TPSA) is 49.8 Å². The summed E-state index contributed by atoms with van der Waals surface area (Å²) in [5, 5.41) is 6.78. The van der Waals surface area contributed by atoms with Crippen LogP contribution in [-0.2, 0) is 6.54 Å². The number of aromatic nitrogens is 2. The van der Waals surface area contributed by atoms with E-state index in [4.69, 9.17) is 0 Å². The normalized spacial score (nSPS) is 15.9. The van der Waals surface area contributed by atoms with Crippen LogP contribution in [0.25, 0.3) is 0 Å². The second kappa shape index (κ2) is 7.90. The van der Waals surface area contributed by atoms with Crippen molar-refractivity contribution in [2.45, 2.75) is 51.1 Å². The van der Waals surface area contributed by atoms with Crippen molar-refractivity contribution in [2.75, 3.05) is 10.6 Å². The molecule has 3 rings (SSSR count). The Bertz CT molecular complexity index is 607. The summed E-state index contributed by atoms with van der Waals surface area (Å²) in [7, 11) is 0. The largest absolute Gasteiger partial charge is 0.367 e. The molecule has 0 amide bonds. The summed E-state index contributed by atoms with van der Waals surface area (Å²) in [6.45, 7) is 0.611. The van der Waals surface area contributed by atoms with Gasteiger partial charge in [-0.05, 0) is 30.5 Å². The minimum atomic E-state index is -0.217. The summed E-state index contributed by atoms with van der Waals surface area (Å²) in [5.74, 6) is 1.43. The van der Waals surface area contributed by atoms with E-state index in [1.54, 1.807) is 18.5 Å². The number of rotatable bonds is 5. The van der Waals surface area contributed by atoms with E-state index in [1.807, 2.05) is 6.07 Å². The third-order valence-electron chi connectivity index (χ3n) is 4.26. The molecule has 1 fully saturated rings. The van der Waals surface area contributed by atoms with Crippen LogP contribution < -0.4 is 10.6 Å². The third kappa shape index (κ3) is 4.91. The zero-order valence-corrected chi connectivity index (χ0v) is 13.3. The SMILES string of the molecule is Fc1ccc(CNc2cc(NC3CCCCCC3)ncn2)cc1. The van der Waals surface area contributed by atoms with Gasteiger partial charge < -0.3 is 10.6 Å². The van der Waals surface area contributed by atoms with Crippen LogP contribution in [0.1, 0.15) is 44.1 Å². The predicted octanol–water partition coefficient (Wildman–Crippen LogP) is 4.36. The molecule has 0 atom stereocenters. The molecular formula is C18H23FN4. The molecule has 2 aromatic rings. The maximum absolute atomic E-state index is 12.9. The molecule has 0 bridgehead atoms. The highest BCUT2D eigenvalue weighted by molar-refractivity contribution is 5.47. The molecule has 4 nitrogen and oxygen atoms in total. The molecule has 0 saturated heterocycles. The van der Waals surface area contributed by atoms with Crippen molar-refractivity contribution in [3.05, 3.63) is 48.0 Å². The van der Waals surface area contributed by atoms with Gasteiger partial charge in [0.25, 0.3) is 0 Å². The van der Waals surface area contributed by atoms with Crippen molar-refractivity contribution in [1.29, 1.82) is 0 Å². The summed E-state index contributed by atoms with van der Waals surface area (Å²) in [6.07, 6.45) is 9.26. The highest BCUT2D eigenvalue weighted by atomic mass is 19.1. The first-order valence-electron chi connectivity index (χ1n) is 8.36. The number of nitrogens with one attached hydrogen (secondary N) is 2. The molecule has 1 aromatic heterocycles. The van der Waals surface area contributed by atoms with Gasteiger partial charge in [0, 0.05) is 18.7 Å². The van der Waals surface area contributed by atoms with Gasteiger partial charge in [-0.25, -0.2) is 14.4 Å². The van der Waals surface area contributed by atoms with Gasteiger partial charge in [0.05, 0.1) is 0 Å². The Labute approximate surface area is 136 Å². The Balaban J connectivity index is 1.57. The smallest absolute Gasteiger partial charge is 0.131 e. The van der Waals surface area contributed by atoms with Gasteiger partial charge in [-0.15, -0.1) is 0 Å². The highest BCUT2D eigenvalue weighted by Gasteiger charge is 2.12. The minimum absolute atomic E-state index is 0.217. The zero-order valence-electron chi connectivity index (χ0n) is 13.3. The average molecular weight is 314 g/mol. The van der Waals surface area contributed by atoms with Gasteiger partial charge >= 0.3 is 0 Å². The van der Waals surface area contributed by atoms with Gasteiger partial charge in [0.1, 0.15) is 23.8 Å². The molecule has 1 heterocycles. The van der Waals surface area contributed by atoms with E-state index in [1.165, 1.54) is 50.7 Å². The van der Waals surface area contributed by atoms with Crippen molar-refractivity contribution < 1.29 is 4.39 Å². The summed E-state index contributed by atoms with van der Waals surface area (Å²) in [6, 6.07) is 8.93. The Morgan fingerprint density at radius 1 is 0.957 bits per heavy atom. The summed E-state index contributed by atoms with van der Waals surface area (Å²) in [4.78, 5) is 8.57. The van der Waals surface area contributed by atoms with Gasteiger partial charge in [0.15, 0.2) is 0 Å². The monoisotopic (exact) mass is 314 g/mol. The fourth-order valence-electron chi connectivity index (χ4n) is 2.96. The van der Waals surface area contributed by atoms with E-state index < -0.39 is 0 Å².